The number of sulfonamides is 1. The molecule has 0 saturated carbocycles. The summed E-state index contributed by atoms with van der Waals surface area (Å²) in [5, 5.41) is 1.13. The minimum absolute atomic E-state index is 0.143. The maximum atomic E-state index is 14.0. The van der Waals surface area contributed by atoms with E-state index in [0.29, 0.717) is 41.8 Å². The van der Waals surface area contributed by atoms with Crippen molar-refractivity contribution in [1.29, 1.82) is 0 Å². The van der Waals surface area contributed by atoms with Crippen LogP contribution in [0.4, 0.5) is 5.13 Å². The van der Waals surface area contributed by atoms with E-state index in [1.165, 1.54) is 34.9 Å². The molecule has 1 atom stereocenters. The van der Waals surface area contributed by atoms with Crippen LogP contribution in [0.5, 0.6) is 5.75 Å². The lowest BCUT2D eigenvalue weighted by Crippen LogP contribution is -2.48. The number of thiazole rings is 1. The summed E-state index contributed by atoms with van der Waals surface area (Å²) in [6.07, 6.45) is 1.80. The van der Waals surface area contributed by atoms with E-state index in [2.05, 4.69) is 4.90 Å². The van der Waals surface area contributed by atoms with Crippen molar-refractivity contribution < 1.29 is 17.9 Å². The number of ether oxygens (including phenoxy) is 1. The third-order valence-corrected chi connectivity index (χ3v) is 9.79. The first kappa shape index (κ1) is 26.8. The topological polar surface area (TPSA) is 83.0 Å². The number of benzene rings is 2. The molecule has 1 aliphatic heterocycles. The van der Waals surface area contributed by atoms with Crippen molar-refractivity contribution in [2.45, 2.75) is 37.1 Å². The second-order valence-electron chi connectivity index (χ2n) is 9.13. The molecule has 4 rings (SSSR count). The van der Waals surface area contributed by atoms with Crippen molar-refractivity contribution in [2.24, 2.45) is 0 Å². The fourth-order valence-corrected chi connectivity index (χ4v) is 7.39. The molecule has 1 saturated heterocycles. The van der Waals surface area contributed by atoms with Gasteiger partial charge in [0, 0.05) is 13.1 Å². The van der Waals surface area contributed by atoms with Crippen LogP contribution in [0.2, 0.25) is 5.02 Å². The molecule has 1 unspecified atom stereocenters. The molecule has 3 aromatic rings. The molecule has 8 nitrogen and oxygen atoms in total. The molecule has 36 heavy (non-hydrogen) atoms. The lowest BCUT2D eigenvalue weighted by molar-refractivity contribution is -0.121. The Morgan fingerprint density at radius 1 is 1.19 bits per heavy atom. The van der Waals surface area contributed by atoms with E-state index >= 15 is 0 Å². The Balaban J connectivity index is 1.68. The summed E-state index contributed by atoms with van der Waals surface area (Å²) < 4.78 is 34.4. The number of amides is 1. The van der Waals surface area contributed by atoms with Crippen LogP contribution in [0.25, 0.3) is 10.2 Å². The molecule has 0 radical (unpaired) electrons. The minimum atomic E-state index is -3.86. The normalized spacial score (nSPS) is 16.7. The van der Waals surface area contributed by atoms with Gasteiger partial charge in [0.25, 0.3) is 0 Å². The lowest BCUT2D eigenvalue weighted by atomic mass is 10.2. The first-order chi connectivity index (χ1) is 17.1. The van der Waals surface area contributed by atoms with Crippen LogP contribution in [0.1, 0.15) is 24.8 Å². The number of fused-ring (bicyclic) bond motifs is 1. The maximum Gasteiger partial charge on any atom is 0.247 e. The fourth-order valence-electron chi connectivity index (χ4n) is 4.39. The number of carbonyl (C=O) groups excluding carboxylic acids is 1. The van der Waals surface area contributed by atoms with Gasteiger partial charge in [-0.05, 0) is 82.7 Å². The number of hydrogen-bond donors (Lipinski definition) is 0. The van der Waals surface area contributed by atoms with E-state index in [4.69, 9.17) is 21.3 Å². The number of aromatic nitrogens is 1. The average molecular weight is 551 g/mol. The third-order valence-electron chi connectivity index (χ3n) is 6.32. The van der Waals surface area contributed by atoms with Crippen LogP contribution >= 0.6 is 22.9 Å². The van der Waals surface area contributed by atoms with Gasteiger partial charge in [0.15, 0.2) is 5.13 Å². The molecule has 11 heteroatoms. The molecule has 1 aliphatic rings. The maximum absolute atomic E-state index is 14.0. The smallest absolute Gasteiger partial charge is 0.247 e. The van der Waals surface area contributed by atoms with Gasteiger partial charge >= 0.3 is 0 Å². The number of nitrogens with zero attached hydrogens (tertiary/aromatic N) is 4. The number of anilines is 1. The quantitative estimate of drug-likeness (QED) is 0.392. The zero-order valence-electron chi connectivity index (χ0n) is 20.9. The van der Waals surface area contributed by atoms with E-state index in [1.807, 2.05) is 33.2 Å². The molecule has 2 heterocycles. The highest BCUT2D eigenvalue weighted by atomic mass is 35.5. The Bertz CT molecular complexity index is 1300. The Labute approximate surface area is 221 Å². The molecule has 194 valence electrons. The SMILES string of the molecule is COc1ccc(S(=O)(=O)N2CCCC2C(=O)N(CCCN(C)C)c2nc3c(C)ccc(Cl)c3s2)cc1. The second kappa shape index (κ2) is 11.0. The Morgan fingerprint density at radius 2 is 1.92 bits per heavy atom. The molecule has 1 amide bonds. The van der Waals surface area contributed by atoms with Crippen LogP contribution in [0.3, 0.4) is 0 Å². The van der Waals surface area contributed by atoms with Gasteiger partial charge in [-0.15, -0.1) is 0 Å². The third kappa shape index (κ3) is 5.38. The van der Waals surface area contributed by atoms with Gasteiger partial charge in [-0.2, -0.15) is 4.31 Å². The van der Waals surface area contributed by atoms with Crippen LogP contribution in [-0.4, -0.2) is 75.4 Å². The van der Waals surface area contributed by atoms with Crippen molar-refractivity contribution >= 4 is 54.2 Å². The summed E-state index contributed by atoms with van der Waals surface area (Å²) in [6.45, 7) is 3.47. The van der Waals surface area contributed by atoms with Gasteiger partial charge in [0.1, 0.15) is 11.8 Å². The first-order valence-electron chi connectivity index (χ1n) is 11.8. The predicted octanol–water partition coefficient (Wildman–Crippen LogP) is 4.40. The van der Waals surface area contributed by atoms with Gasteiger partial charge in [-0.3, -0.25) is 9.69 Å². The number of methoxy groups -OCH3 is 1. The Hall–Kier alpha value is -2.24. The highest BCUT2D eigenvalue weighted by Gasteiger charge is 2.42. The summed E-state index contributed by atoms with van der Waals surface area (Å²) >= 11 is 7.80. The van der Waals surface area contributed by atoms with Gasteiger partial charge < -0.3 is 9.64 Å². The molecule has 0 N–H and O–H groups in total. The predicted molar refractivity (Wildman–Crippen MR) is 145 cm³/mol. The molecule has 0 aliphatic carbocycles. The summed E-state index contributed by atoms with van der Waals surface area (Å²) in [4.78, 5) is 22.6. The van der Waals surface area contributed by atoms with Crippen molar-refractivity contribution in [3.05, 3.63) is 47.0 Å². The first-order valence-corrected chi connectivity index (χ1v) is 14.4. The summed E-state index contributed by atoms with van der Waals surface area (Å²) in [7, 11) is 1.62. The monoisotopic (exact) mass is 550 g/mol. The number of aryl methyl sites for hydroxylation is 1. The summed E-state index contributed by atoms with van der Waals surface area (Å²) in [5.41, 5.74) is 1.74. The van der Waals surface area contributed by atoms with Crippen LogP contribution in [0.15, 0.2) is 41.3 Å². The molecule has 2 aromatic carbocycles. The zero-order chi connectivity index (χ0) is 26.0. The fraction of sp³-hybridized carbons (Fsp3) is 0.440. The van der Waals surface area contributed by atoms with Crippen LogP contribution < -0.4 is 9.64 Å². The van der Waals surface area contributed by atoms with E-state index in [0.717, 1.165) is 28.7 Å². The van der Waals surface area contributed by atoms with Crippen molar-refractivity contribution in [3.63, 3.8) is 0 Å². The number of halogens is 1. The van der Waals surface area contributed by atoms with Crippen molar-refractivity contribution in [2.75, 3.05) is 45.7 Å². The average Bonchev–Trinajstić information content (AvgIpc) is 3.53. The molecular formula is C25H31ClN4O4S2. The van der Waals surface area contributed by atoms with Gasteiger partial charge in [-0.25, -0.2) is 13.4 Å². The van der Waals surface area contributed by atoms with E-state index < -0.39 is 16.1 Å². The van der Waals surface area contributed by atoms with E-state index in [1.54, 1.807) is 17.0 Å². The Kier molecular flexibility index (Phi) is 8.21. The van der Waals surface area contributed by atoms with Crippen molar-refractivity contribution in [1.82, 2.24) is 14.2 Å². The van der Waals surface area contributed by atoms with Gasteiger partial charge in [0.05, 0.1) is 27.2 Å². The highest BCUT2D eigenvalue weighted by Crippen LogP contribution is 2.37. The Morgan fingerprint density at radius 3 is 2.56 bits per heavy atom. The molecule has 1 fully saturated rings. The standard InChI is InChI=1S/C25H31ClN4O4S2/c1-17-8-13-20(26)23-22(17)27-25(35-23)29(15-6-14-28(2)3)24(31)21-7-5-16-30(21)36(32,33)19-11-9-18(34-4)10-12-19/h8-13,21H,5-7,14-16H2,1-4H3. The van der Waals surface area contributed by atoms with Crippen LogP contribution in [-0.2, 0) is 14.8 Å². The number of hydrogen-bond acceptors (Lipinski definition) is 7. The number of carbonyl (C=O) groups is 1. The number of rotatable bonds is 9. The lowest BCUT2D eigenvalue weighted by Gasteiger charge is -2.29. The van der Waals surface area contributed by atoms with Crippen molar-refractivity contribution in [3.8, 4) is 5.75 Å². The highest BCUT2D eigenvalue weighted by molar-refractivity contribution is 7.89. The van der Waals surface area contributed by atoms with Gasteiger partial charge in [-0.1, -0.05) is 29.0 Å². The zero-order valence-corrected chi connectivity index (χ0v) is 23.3. The van der Waals surface area contributed by atoms with Crippen LogP contribution in [0, 0.1) is 6.92 Å². The van der Waals surface area contributed by atoms with Gasteiger partial charge in [0.2, 0.25) is 15.9 Å². The summed E-state index contributed by atoms with van der Waals surface area (Å²) in [5.74, 6) is 0.316. The van der Waals surface area contributed by atoms with E-state index in [9.17, 15) is 13.2 Å². The molecular weight excluding hydrogens is 520 g/mol. The largest absolute Gasteiger partial charge is 0.497 e. The summed E-state index contributed by atoms with van der Waals surface area (Å²) in [6, 6.07) is 9.20. The molecule has 0 spiro atoms. The van der Waals surface area contributed by atoms with E-state index in [-0.39, 0.29) is 10.8 Å². The second-order valence-corrected chi connectivity index (χ2v) is 12.4. The molecule has 1 aromatic heterocycles. The minimum Gasteiger partial charge on any atom is -0.497 e. The molecule has 0 bridgehead atoms.